The fraction of sp³-hybridized carbons (Fsp3) is 0.222. The van der Waals surface area contributed by atoms with Crippen molar-refractivity contribution in [2.24, 2.45) is 0 Å². The monoisotopic (exact) mass is 346 g/mol. The first-order valence-corrected chi connectivity index (χ1v) is 8.82. The second-order valence-corrected chi connectivity index (χ2v) is 7.50. The van der Waals surface area contributed by atoms with Crippen LogP contribution in [-0.2, 0) is 5.60 Å². The molecule has 1 atom stereocenters. The molecule has 0 amide bonds. The van der Waals surface area contributed by atoms with Gasteiger partial charge in [0.2, 0.25) is 0 Å². The molecule has 2 nitrogen and oxygen atoms in total. The van der Waals surface area contributed by atoms with E-state index in [1.807, 2.05) is 50.2 Å². The number of hydrogen-bond acceptors (Lipinski definition) is 2. The van der Waals surface area contributed by atoms with Crippen LogP contribution in [0.5, 0.6) is 5.75 Å². The molecule has 2 aromatic rings. The van der Waals surface area contributed by atoms with E-state index < -0.39 is 5.60 Å². The minimum absolute atomic E-state index is 0.215. The Labute approximate surface area is 131 Å². The van der Waals surface area contributed by atoms with Crippen LogP contribution in [0.3, 0.4) is 0 Å². The van der Waals surface area contributed by atoms with Gasteiger partial charge in [0.1, 0.15) is 0 Å². The zero-order chi connectivity index (χ0) is 14.9. The molecule has 21 heavy (non-hydrogen) atoms. The summed E-state index contributed by atoms with van der Waals surface area (Å²) in [6.07, 6.45) is 0.526. The summed E-state index contributed by atoms with van der Waals surface area (Å²) in [4.78, 5) is 2.13. The van der Waals surface area contributed by atoms with Gasteiger partial charge in [-0.05, 0) is 0 Å². The standard InChI is InChI=1S/C18H18O2Se/c1-13-7-6-10-16-17(13)20-14(11-18(16,2)19)12-21-15-8-4-3-5-9-15/h3-10,12,19H,11H2,1-2H3/b14-12+. The molecule has 1 heterocycles. The van der Waals surface area contributed by atoms with Crippen LogP contribution in [0, 0.1) is 6.92 Å². The summed E-state index contributed by atoms with van der Waals surface area (Å²) in [6, 6.07) is 16.3. The topological polar surface area (TPSA) is 29.5 Å². The zero-order valence-electron chi connectivity index (χ0n) is 12.2. The predicted octanol–water partition coefficient (Wildman–Crippen LogP) is 2.86. The number of benzene rings is 2. The van der Waals surface area contributed by atoms with Crippen molar-refractivity contribution in [3.63, 3.8) is 0 Å². The number of hydrogen-bond donors (Lipinski definition) is 1. The fourth-order valence-corrected chi connectivity index (χ4v) is 4.01. The number of aryl methyl sites for hydroxylation is 1. The molecule has 108 valence electrons. The van der Waals surface area contributed by atoms with Crippen LogP contribution in [-0.4, -0.2) is 20.1 Å². The Morgan fingerprint density at radius 2 is 1.90 bits per heavy atom. The van der Waals surface area contributed by atoms with Crippen molar-refractivity contribution < 1.29 is 9.84 Å². The summed E-state index contributed by atoms with van der Waals surface area (Å²) in [5.41, 5.74) is 1.08. The van der Waals surface area contributed by atoms with Gasteiger partial charge in [-0.3, -0.25) is 0 Å². The third-order valence-corrected chi connectivity index (χ3v) is 5.55. The molecule has 0 fully saturated rings. The van der Waals surface area contributed by atoms with E-state index in [-0.39, 0.29) is 15.0 Å². The van der Waals surface area contributed by atoms with Crippen molar-refractivity contribution in [2.45, 2.75) is 25.9 Å². The molecule has 0 saturated heterocycles. The third kappa shape index (κ3) is 3.05. The van der Waals surface area contributed by atoms with Crippen LogP contribution in [0.25, 0.3) is 0 Å². The van der Waals surface area contributed by atoms with E-state index in [2.05, 4.69) is 17.1 Å². The molecule has 1 aliphatic rings. The summed E-state index contributed by atoms with van der Waals surface area (Å²) in [7, 11) is 0. The van der Waals surface area contributed by atoms with Crippen molar-refractivity contribution in [2.75, 3.05) is 0 Å². The first-order chi connectivity index (χ1) is 10.1. The van der Waals surface area contributed by atoms with E-state index in [4.69, 9.17) is 4.74 Å². The molecule has 1 unspecified atom stereocenters. The molecule has 0 saturated carbocycles. The summed E-state index contributed by atoms with van der Waals surface area (Å²) in [5, 5.41) is 10.7. The normalized spacial score (nSPS) is 22.7. The molecular weight excluding hydrogens is 327 g/mol. The summed E-state index contributed by atoms with van der Waals surface area (Å²) in [6.45, 7) is 3.87. The van der Waals surface area contributed by atoms with Crippen LogP contribution in [0.4, 0.5) is 0 Å². The van der Waals surface area contributed by atoms with Crippen LogP contribution in [0.2, 0.25) is 0 Å². The Bertz CT molecular complexity index is 675. The van der Waals surface area contributed by atoms with Crippen molar-refractivity contribution in [3.8, 4) is 5.75 Å². The van der Waals surface area contributed by atoms with Gasteiger partial charge in [-0.2, -0.15) is 0 Å². The number of rotatable bonds is 2. The summed E-state index contributed by atoms with van der Waals surface area (Å²) in [5.74, 6) is 1.68. The van der Waals surface area contributed by atoms with Gasteiger partial charge in [-0.1, -0.05) is 0 Å². The SMILES string of the molecule is Cc1cccc2c1O/C(=C/[Se]c1ccccc1)CC2(C)O. The predicted molar refractivity (Wildman–Crippen MR) is 85.9 cm³/mol. The number of aliphatic hydroxyl groups is 1. The molecule has 2 aromatic carbocycles. The molecular formula is C18H18O2Se. The molecule has 0 aliphatic carbocycles. The Hall–Kier alpha value is -1.54. The van der Waals surface area contributed by atoms with Crippen LogP contribution < -0.4 is 9.20 Å². The molecule has 3 rings (SSSR count). The Balaban J connectivity index is 1.89. The second-order valence-electron chi connectivity index (χ2n) is 5.52. The van der Waals surface area contributed by atoms with Gasteiger partial charge in [-0.25, -0.2) is 0 Å². The van der Waals surface area contributed by atoms with Crippen molar-refractivity contribution >= 4 is 19.4 Å². The average molecular weight is 345 g/mol. The Morgan fingerprint density at radius 3 is 2.67 bits per heavy atom. The molecule has 0 aromatic heterocycles. The van der Waals surface area contributed by atoms with Crippen LogP contribution in [0.15, 0.2) is 59.3 Å². The molecule has 0 spiro atoms. The van der Waals surface area contributed by atoms with Gasteiger partial charge in [0.25, 0.3) is 0 Å². The Kier molecular flexibility index (Phi) is 3.90. The fourth-order valence-electron chi connectivity index (χ4n) is 2.51. The number of para-hydroxylation sites is 1. The van der Waals surface area contributed by atoms with Crippen LogP contribution >= 0.6 is 0 Å². The maximum absolute atomic E-state index is 10.7. The minimum atomic E-state index is -0.863. The van der Waals surface area contributed by atoms with Crippen molar-refractivity contribution in [3.05, 3.63) is 70.4 Å². The zero-order valence-corrected chi connectivity index (χ0v) is 13.9. The van der Waals surface area contributed by atoms with E-state index in [0.29, 0.717) is 6.42 Å². The second kappa shape index (κ2) is 5.69. The van der Waals surface area contributed by atoms with Crippen molar-refractivity contribution in [1.29, 1.82) is 0 Å². The molecule has 0 radical (unpaired) electrons. The average Bonchev–Trinajstić information content (AvgIpc) is 2.47. The number of ether oxygens (including phenoxy) is 1. The van der Waals surface area contributed by atoms with Gasteiger partial charge >= 0.3 is 131 Å². The quantitative estimate of drug-likeness (QED) is 0.849. The van der Waals surface area contributed by atoms with Gasteiger partial charge in [0, 0.05) is 0 Å². The van der Waals surface area contributed by atoms with E-state index in [0.717, 1.165) is 22.6 Å². The van der Waals surface area contributed by atoms with Gasteiger partial charge in [0.15, 0.2) is 0 Å². The Morgan fingerprint density at radius 1 is 1.14 bits per heavy atom. The first-order valence-electron chi connectivity index (χ1n) is 6.97. The third-order valence-electron chi connectivity index (χ3n) is 3.61. The number of fused-ring (bicyclic) bond motifs is 1. The van der Waals surface area contributed by atoms with E-state index in [9.17, 15) is 5.11 Å². The van der Waals surface area contributed by atoms with Gasteiger partial charge in [0.05, 0.1) is 0 Å². The molecule has 1 aliphatic heterocycles. The van der Waals surface area contributed by atoms with E-state index in [1.54, 1.807) is 0 Å². The maximum atomic E-state index is 10.7. The van der Waals surface area contributed by atoms with Gasteiger partial charge in [-0.15, -0.1) is 0 Å². The molecule has 1 N–H and O–H groups in total. The van der Waals surface area contributed by atoms with Gasteiger partial charge < -0.3 is 0 Å². The molecule has 3 heteroatoms. The van der Waals surface area contributed by atoms with Crippen LogP contribution in [0.1, 0.15) is 24.5 Å². The van der Waals surface area contributed by atoms with E-state index >= 15 is 0 Å². The molecule has 0 bridgehead atoms. The van der Waals surface area contributed by atoms with Crippen molar-refractivity contribution in [1.82, 2.24) is 0 Å². The summed E-state index contributed by atoms with van der Waals surface area (Å²) < 4.78 is 7.34. The van der Waals surface area contributed by atoms with E-state index in [1.165, 1.54) is 4.46 Å². The summed E-state index contributed by atoms with van der Waals surface area (Å²) >= 11 is 0.215. The first kappa shape index (κ1) is 14.4.